The predicted molar refractivity (Wildman–Crippen MR) is 69.9 cm³/mol. The summed E-state index contributed by atoms with van der Waals surface area (Å²) in [5.41, 5.74) is 7.08. The van der Waals surface area contributed by atoms with Gasteiger partial charge in [-0.25, -0.2) is 4.39 Å². The third-order valence-electron chi connectivity index (χ3n) is 3.78. The Kier molecular flexibility index (Phi) is 3.03. The Balaban J connectivity index is 2.26. The molecule has 0 radical (unpaired) electrons. The lowest BCUT2D eigenvalue weighted by Crippen LogP contribution is -2.32. The Morgan fingerprint density at radius 1 is 1.41 bits per heavy atom. The topological polar surface area (TPSA) is 26.0 Å². The van der Waals surface area contributed by atoms with Crippen LogP contribution in [0.15, 0.2) is 24.3 Å². The molecule has 1 saturated carbocycles. The van der Waals surface area contributed by atoms with Crippen LogP contribution in [-0.4, -0.2) is 11.2 Å². The quantitative estimate of drug-likeness (QED) is 0.846. The Bertz CT molecular complexity index is 402. The summed E-state index contributed by atoms with van der Waals surface area (Å²) in [7, 11) is 0. The van der Waals surface area contributed by atoms with Crippen LogP contribution >= 0.6 is 0 Å². The SMILES string of the molecule is Cc1cccc(C(CC2(N)CC2)C(C)(C)F)c1. The Morgan fingerprint density at radius 2 is 2.06 bits per heavy atom. The van der Waals surface area contributed by atoms with Gasteiger partial charge in [0.05, 0.1) is 0 Å². The van der Waals surface area contributed by atoms with Gasteiger partial charge in [-0.2, -0.15) is 0 Å². The van der Waals surface area contributed by atoms with Crippen LogP contribution in [0.1, 0.15) is 50.2 Å². The molecular weight excluding hydrogens is 213 g/mol. The molecule has 0 heterocycles. The smallest absolute Gasteiger partial charge is 0.112 e. The zero-order valence-electron chi connectivity index (χ0n) is 11.0. The fraction of sp³-hybridized carbons (Fsp3) is 0.600. The first-order valence-electron chi connectivity index (χ1n) is 6.35. The van der Waals surface area contributed by atoms with Gasteiger partial charge in [0.15, 0.2) is 0 Å². The molecule has 0 aromatic heterocycles. The number of aryl methyl sites for hydroxylation is 1. The van der Waals surface area contributed by atoms with Gasteiger partial charge in [-0.05, 0) is 45.6 Å². The van der Waals surface area contributed by atoms with E-state index in [1.54, 1.807) is 13.8 Å². The zero-order chi connectivity index (χ0) is 12.7. The minimum absolute atomic E-state index is 0.102. The minimum Gasteiger partial charge on any atom is -0.325 e. The lowest BCUT2D eigenvalue weighted by atomic mass is 9.80. The summed E-state index contributed by atoms with van der Waals surface area (Å²) >= 11 is 0. The average molecular weight is 235 g/mol. The van der Waals surface area contributed by atoms with E-state index >= 15 is 0 Å². The summed E-state index contributed by atoms with van der Waals surface area (Å²) in [6.45, 7) is 5.36. The van der Waals surface area contributed by atoms with Gasteiger partial charge in [0.25, 0.3) is 0 Å². The van der Waals surface area contributed by atoms with Crippen molar-refractivity contribution in [1.82, 2.24) is 0 Å². The van der Waals surface area contributed by atoms with Gasteiger partial charge in [-0.3, -0.25) is 0 Å². The average Bonchev–Trinajstić information content (AvgIpc) is 2.92. The molecule has 0 amide bonds. The number of hydrogen-bond acceptors (Lipinski definition) is 1. The number of benzene rings is 1. The molecular formula is C15H22FN. The maximum Gasteiger partial charge on any atom is 0.112 e. The maximum atomic E-state index is 14.4. The van der Waals surface area contributed by atoms with Gasteiger partial charge in [0, 0.05) is 11.5 Å². The van der Waals surface area contributed by atoms with Crippen molar-refractivity contribution in [2.45, 2.75) is 57.2 Å². The van der Waals surface area contributed by atoms with E-state index in [9.17, 15) is 4.39 Å². The molecule has 1 aliphatic carbocycles. The summed E-state index contributed by atoms with van der Waals surface area (Å²) in [4.78, 5) is 0. The molecule has 0 saturated heterocycles. The van der Waals surface area contributed by atoms with E-state index in [-0.39, 0.29) is 11.5 Å². The highest BCUT2D eigenvalue weighted by Gasteiger charge is 2.44. The van der Waals surface area contributed by atoms with E-state index in [0.717, 1.165) is 24.8 Å². The van der Waals surface area contributed by atoms with Gasteiger partial charge in [-0.1, -0.05) is 29.8 Å². The molecule has 94 valence electrons. The van der Waals surface area contributed by atoms with E-state index in [4.69, 9.17) is 5.73 Å². The lowest BCUT2D eigenvalue weighted by molar-refractivity contribution is 0.157. The molecule has 1 aromatic carbocycles. The Labute approximate surface area is 103 Å². The van der Waals surface area contributed by atoms with Crippen LogP contribution in [0.3, 0.4) is 0 Å². The normalized spacial score (nSPS) is 20.1. The van der Waals surface area contributed by atoms with Gasteiger partial charge >= 0.3 is 0 Å². The van der Waals surface area contributed by atoms with E-state index < -0.39 is 5.67 Å². The van der Waals surface area contributed by atoms with Gasteiger partial charge in [0.1, 0.15) is 5.67 Å². The Morgan fingerprint density at radius 3 is 2.53 bits per heavy atom. The summed E-state index contributed by atoms with van der Waals surface area (Å²) in [6.07, 6.45) is 2.82. The molecule has 1 atom stereocenters. The van der Waals surface area contributed by atoms with Crippen molar-refractivity contribution in [2.24, 2.45) is 5.73 Å². The number of nitrogens with two attached hydrogens (primary N) is 1. The number of hydrogen-bond donors (Lipinski definition) is 1. The predicted octanol–water partition coefficient (Wildman–Crippen LogP) is 3.71. The van der Waals surface area contributed by atoms with Crippen molar-refractivity contribution >= 4 is 0 Å². The van der Waals surface area contributed by atoms with E-state index in [2.05, 4.69) is 6.07 Å². The van der Waals surface area contributed by atoms with E-state index in [1.807, 2.05) is 25.1 Å². The molecule has 0 spiro atoms. The monoisotopic (exact) mass is 235 g/mol. The fourth-order valence-electron chi connectivity index (χ4n) is 2.41. The number of alkyl halides is 1. The molecule has 1 fully saturated rings. The first-order chi connectivity index (χ1) is 7.80. The first kappa shape index (κ1) is 12.6. The molecule has 2 heteroatoms. The largest absolute Gasteiger partial charge is 0.325 e. The molecule has 2 N–H and O–H groups in total. The zero-order valence-corrected chi connectivity index (χ0v) is 11.0. The van der Waals surface area contributed by atoms with Crippen LogP contribution in [-0.2, 0) is 0 Å². The number of halogens is 1. The maximum absolute atomic E-state index is 14.4. The van der Waals surface area contributed by atoms with Crippen LogP contribution in [0.2, 0.25) is 0 Å². The summed E-state index contributed by atoms with van der Waals surface area (Å²) in [6, 6.07) is 8.14. The molecule has 1 aromatic rings. The molecule has 2 rings (SSSR count). The number of rotatable bonds is 4. The van der Waals surface area contributed by atoms with Gasteiger partial charge in [-0.15, -0.1) is 0 Å². The van der Waals surface area contributed by atoms with Crippen molar-refractivity contribution in [3.63, 3.8) is 0 Å². The van der Waals surface area contributed by atoms with E-state index in [0.29, 0.717) is 0 Å². The third kappa shape index (κ3) is 3.06. The second-order valence-electron chi connectivity index (χ2n) is 6.10. The van der Waals surface area contributed by atoms with Crippen LogP contribution in [0, 0.1) is 6.92 Å². The molecule has 1 unspecified atom stereocenters. The van der Waals surface area contributed by atoms with Crippen molar-refractivity contribution in [2.75, 3.05) is 0 Å². The summed E-state index contributed by atoms with van der Waals surface area (Å²) < 4.78 is 14.4. The van der Waals surface area contributed by atoms with Crippen molar-refractivity contribution < 1.29 is 4.39 Å². The highest BCUT2D eigenvalue weighted by atomic mass is 19.1. The van der Waals surface area contributed by atoms with E-state index in [1.165, 1.54) is 5.56 Å². The minimum atomic E-state index is -1.22. The standard InChI is InChI=1S/C15H22FN/c1-11-5-4-6-12(9-11)13(14(2,3)16)10-15(17)7-8-15/h4-6,9,13H,7-8,10,17H2,1-3H3. The van der Waals surface area contributed by atoms with Crippen molar-refractivity contribution in [3.05, 3.63) is 35.4 Å². The molecule has 0 bridgehead atoms. The highest BCUT2D eigenvalue weighted by Crippen LogP contribution is 2.45. The second-order valence-corrected chi connectivity index (χ2v) is 6.10. The van der Waals surface area contributed by atoms with Crippen LogP contribution in [0.25, 0.3) is 0 Å². The van der Waals surface area contributed by atoms with Crippen molar-refractivity contribution in [3.8, 4) is 0 Å². The fourth-order valence-corrected chi connectivity index (χ4v) is 2.41. The van der Waals surface area contributed by atoms with Crippen LogP contribution in [0.4, 0.5) is 4.39 Å². The summed E-state index contributed by atoms with van der Waals surface area (Å²) in [5.74, 6) is -0.102. The van der Waals surface area contributed by atoms with Crippen molar-refractivity contribution in [1.29, 1.82) is 0 Å². The molecule has 1 nitrogen and oxygen atoms in total. The molecule has 0 aliphatic heterocycles. The van der Waals surface area contributed by atoms with Gasteiger partial charge in [0.2, 0.25) is 0 Å². The second kappa shape index (κ2) is 4.09. The first-order valence-corrected chi connectivity index (χ1v) is 6.35. The molecule has 17 heavy (non-hydrogen) atoms. The summed E-state index contributed by atoms with van der Waals surface area (Å²) in [5, 5.41) is 0. The van der Waals surface area contributed by atoms with Crippen LogP contribution < -0.4 is 5.73 Å². The lowest BCUT2D eigenvalue weighted by Gasteiger charge is -2.30. The highest BCUT2D eigenvalue weighted by molar-refractivity contribution is 5.28. The third-order valence-corrected chi connectivity index (χ3v) is 3.78. The van der Waals surface area contributed by atoms with Crippen LogP contribution in [0.5, 0.6) is 0 Å². The van der Waals surface area contributed by atoms with Gasteiger partial charge < -0.3 is 5.73 Å². The molecule has 1 aliphatic rings. The Hall–Kier alpha value is -0.890.